The summed E-state index contributed by atoms with van der Waals surface area (Å²) in [6, 6.07) is 6.71. The van der Waals surface area contributed by atoms with Crippen molar-refractivity contribution < 1.29 is 5.11 Å². The summed E-state index contributed by atoms with van der Waals surface area (Å²) in [6.45, 7) is 4.48. The lowest BCUT2D eigenvalue weighted by Crippen LogP contribution is -2.31. The van der Waals surface area contributed by atoms with Gasteiger partial charge in [-0.25, -0.2) is 0 Å². The van der Waals surface area contributed by atoms with Crippen molar-refractivity contribution in [3.05, 3.63) is 29.3 Å². The highest BCUT2D eigenvalue weighted by Gasteiger charge is 2.17. The van der Waals surface area contributed by atoms with Crippen molar-refractivity contribution in [2.45, 2.75) is 51.5 Å². The maximum Gasteiger partial charge on any atom is 0.0453 e. The number of nitrogens with one attached hydrogen (secondary N) is 1. The van der Waals surface area contributed by atoms with Gasteiger partial charge in [-0.15, -0.1) is 0 Å². The molecule has 1 aromatic carbocycles. The molecule has 0 atom stereocenters. The number of hydrogen-bond donors (Lipinski definition) is 2. The van der Waals surface area contributed by atoms with E-state index >= 15 is 0 Å². The van der Waals surface area contributed by atoms with Crippen LogP contribution in [0.15, 0.2) is 18.2 Å². The Balaban J connectivity index is 2.11. The fraction of sp³-hybridized carbons (Fsp3) is 0.600. The highest BCUT2D eigenvalue weighted by molar-refractivity contribution is 5.50. The Hall–Kier alpha value is -1.02. The van der Waals surface area contributed by atoms with E-state index in [4.69, 9.17) is 5.11 Å². The summed E-state index contributed by atoms with van der Waals surface area (Å²) < 4.78 is 0. The molecule has 17 heavy (non-hydrogen) atoms. The van der Waals surface area contributed by atoms with Gasteiger partial charge in [0.25, 0.3) is 0 Å². The highest BCUT2D eigenvalue weighted by atomic mass is 16.3. The summed E-state index contributed by atoms with van der Waals surface area (Å²) in [5.74, 6) is 0. The van der Waals surface area contributed by atoms with Crippen molar-refractivity contribution in [2.24, 2.45) is 0 Å². The van der Waals surface area contributed by atoms with Crippen LogP contribution in [0.4, 0.5) is 5.69 Å². The fourth-order valence-electron chi connectivity index (χ4n) is 2.54. The second-order valence-electron chi connectivity index (χ2n) is 5.67. The molecule has 2 N–H and O–H groups in total. The molecule has 0 bridgehead atoms. The number of anilines is 1. The average molecular weight is 233 g/mol. The molecule has 1 aliphatic carbocycles. The normalized spacial score (nSPS) is 15.5. The van der Waals surface area contributed by atoms with Gasteiger partial charge in [0.2, 0.25) is 0 Å². The summed E-state index contributed by atoms with van der Waals surface area (Å²) in [5.41, 5.74) is 4.16. The summed E-state index contributed by atoms with van der Waals surface area (Å²) in [7, 11) is 0. The summed E-state index contributed by atoms with van der Waals surface area (Å²) in [6.07, 6.45) is 5.86. The molecule has 0 unspecified atom stereocenters. The molecule has 2 rings (SSSR count). The first-order valence-corrected chi connectivity index (χ1v) is 6.61. The van der Waals surface area contributed by atoms with Crippen molar-refractivity contribution in [3.63, 3.8) is 0 Å². The smallest absolute Gasteiger partial charge is 0.0453 e. The number of fused-ring (bicyclic) bond motifs is 1. The third-order valence-corrected chi connectivity index (χ3v) is 3.57. The molecule has 0 amide bonds. The van der Waals surface area contributed by atoms with Crippen molar-refractivity contribution in [1.82, 2.24) is 0 Å². The Morgan fingerprint density at radius 3 is 2.59 bits per heavy atom. The molecule has 1 aliphatic rings. The van der Waals surface area contributed by atoms with E-state index in [2.05, 4.69) is 37.4 Å². The predicted molar refractivity (Wildman–Crippen MR) is 72.5 cm³/mol. The van der Waals surface area contributed by atoms with E-state index < -0.39 is 0 Å². The van der Waals surface area contributed by atoms with Gasteiger partial charge < -0.3 is 10.4 Å². The molecule has 94 valence electrons. The van der Waals surface area contributed by atoms with Crippen LogP contribution in [0, 0.1) is 0 Å². The van der Waals surface area contributed by atoms with Gasteiger partial charge >= 0.3 is 0 Å². The number of benzene rings is 1. The van der Waals surface area contributed by atoms with Gasteiger partial charge in [0.05, 0.1) is 0 Å². The largest absolute Gasteiger partial charge is 0.396 e. The molecule has 0 heterocycles. The van der Waals surface area contributed by atoms with Gasteiger partial charge in [-0.2, -0.15) is 0 Å². The zero-order valence-electron chi connectivity index (χ0n) is 10.9. The SMILES string of the molecule is CC(C)(CCO)Nc1ccc2c(c1)CCCC2. The van der Waals surface area contributed by atoms with Crippen molar-refractivity contribution in [1.29, 1.82) is 0 Å². The first-order chi connectivity index (χ1) is 8.11. The van der Waals surface area contributed by atoms with Crippen LogP contribution in [0.5, 0.6) is 0 Å². The lowest BCUT2D eigenvalue weighted by Gasteiger charge is -2.28. The van der Waals surface area contributed by atoms with Crippen molar-refractivity contribution in [3.8, 4) is 0 Å². The predicted octanol–water partition coefficient (Wildman–Crippen LogP) is 3.14. The first kappa shape index (κ1) is 12.4. The minimum Gasteiger partial charge on any atom is -0.396 e. The Kier molecular flexibility index (Phi) is 3.72. The third-order valence-electron chi connectivity index (χ3n) is 3.57. The zero-order valence-corrected chi connectivity index (χ0v) is 10.9. The zero-order chi connectivity index (χ0) is 12.3. The maximum absolute atomic E-state index is 9.03. The number of aliphatic hydroxyl groups excluding tert-OH is 1. The van der Waals surface area contributed by atoms with Crippen LogP contribution >= 0.6 is 0 Å². The molecule has 0 aromatic heterocycles. The van der Waals surface area contributed by atoms with Crippen molar-refractivity contribution in [2.75, 3.05) is 11.9 Å². The second-order valence-corrected chi connectivity index (χ2v) is 5.67. The Morgan fingerprint density at radius 1 is 1.18 bits per heavy atom. The lowest BCUT2D eigenvalue weighted by atomic mass is 9.91. The van der Waals surface area contributed by atoms with Gasteiger partial charge in [0.1, 0.15) is 0 Å². The average Bonchev–Trinajstić information content (AvgIpc) is 2.28. The number of aryl methyl sites for hydroxylation is 2. The number of hydrogen-bond acceptors (Lipinski definition) is 2. The van der Waals surface area contributed by atoms with Gasteiger partial charge in [-0.05, 0) is 69.2 Å². The molecule has 2 heteroatoms. The van der Waals surface area contributed by atoms with Crippen LogP contribution < -0.4 is 5.32 Å². The second kappa shape index (κ2) is 5.09. The van der Waals surface area contributed by atoms with Crippen LogP contribution in [0.2, 0.25) is 0 Å². The van der Waals surface area contributed by atoms with E-state index in [0.29, 0.717) is 0 Å². The van der Waals surface area contributed by atoms with E-state index in [0.717, 1.165) is 6.42 Å². The van der Waals surface area contributed by atoms with Gasteiger partial charge in [0.15, 0.2) is 0 Å². The molecule has 0 radical (unpaired) electrons. The van der Waals surface area contributed by atoms with Gasteiger partial charge in [-0.1, -0.05) is 6.07 Å². The monoisotopic (exact) mass is 233 g/mol. The summed E-state index contributed by atoms with van der Waals surface area (Å²) in [5, 5.41) is 12.5. The lowest BCUT2D eigenvalue weighted by molar-refractivity contribution is 0.261. The Labute approximate surface area is 104 Å². The fourth-order valence-corrected chi connectivity index (χ4v) is 2.54. The number of rotatable bonds is 4. The van der Waals surface area contributed by atoms with Crippen LogP contribution in [0.25, 0.3) is 0 Å². The van der Waals surface area contributed by atoms with Gasteiger partial charge in [0, 0.05) is 17.8 Å². The van der Waals surface area contributed by atoms with Crippen molar-refractivity contribution >= 4 is 5.69 Å². The molecule has 0 saturated carbocycles. The van der Waals surface area contributed by atoms with Gasteiger partial charge in [-0.3, -0.25) is 0 Å². The molecular weight excluding hydrogens is 210 g/mol. The summed E-state index contributed by atoms with van der Waals surface area (Å²) >= 11 is 0. The van der Waals surface area contributed by atoms with Crippen LogP contribution in [0.3, 0.4) is 0 Å². The van der Waals surface area contributed by atoms with Crippen LogP contribution in [-0.4, -0.2) is 17.3 Å². The van der Waals surface area contributed by atoms with E-state index in [-0.39, 0.29) is 12.1 Å². The van der Waals surface area contributed by atoms with E-state index in [1.807, 2.05) is 0 Å². The van der Waals surface area contributed by atoms with Crippen LogP contribution in [0.1, 0.15) is 44.2 Å². The molecular formula is C15H23NO. The molecule has 1 aromatic rings. The number of aliphatic hydroxyl groups is 1. The molecule has 0 spiro atoms. The Bertz CT molecular complexity index is 385. The minimum atomic E-state index is -0.0440. The van der Waals surface area contributed by atoms with E-state index in [1.165, 1.54) is 42.5 Å². The topological polar surface area (TPSA) is 32.3 Å². The standard InChI is InChI=1S/C15H23NO/c1-15(2,9-10-17)16-14-8-7-12-5-3-4-6-13(12)11-14/h7-8,11,16-17H,3-6,9-10H2,1-2H3. The quantitative estimate of drug-likeness (QED) is 0.837. The minimum absolute atomic E-state index is 0.0440. The third kappa shape index (κ3) is 3.22. The molecule has 2 nitrogen and oxygen atoms in total. The summed E-state index contributed by atoms with van der Waals surface area (Å²) in [4.78, 5) is 0. The van der Waals surface area contributed by atoms with E-state index in [9.17, 15) is 0 Å². The van der Waals surface area contributed by atoms with E-state index in [1.54, 1.807) is 0 Å². The molecule has 0 aliphatic heterocycles. The first-order valence-electron chi connectivity index (χ1n) is 6.61. The molecule has 0 fully saturated rings. The maximum atomic E-state index is 9.03. The Morgan fingerprint density at radius 2 is 1.88 bits per heavy atom. The highest BCUT2D eigenvalue weighted by Crippen LogP contribution is 2.26. The van der Waals surface area contributed by atoms with Crippen LogP contribution in [-0.2, 0) is 12.8 Å². The molecule has 0 saturated heterocycles.